The maximum Gasteiger partial charge on any atom is 0.129 e. The Balaban J connectivity index is 0. The molecule has 0 saturated heterocycles. The van der Waals surface area contributed by atoms with Gasteiger partial charge < -0.3 is 9.90 Å². The Bertz CT molecular complexity index is 144. The van der Waals surface area contributed by atoms with E-state index in [9.17, 15) is 4.79 Å². The van der Waals surface area contributed by atoms with E-state index in [1.54, 1.807) is 20.8 Å². The van der Waals surface area contributed by atoms with Crippen LogP contribution in [-0.2, 0) is 4.79 Å². The average molecular weight is 230 g/mol. The molecule has 0 bridgehead atoms. The van der Waals surface area contributed by atoms with Gasteiger partial charge in [-0.1, -0.05) is 46.0 Å². The molecule has 1 aliphatic carbocycles. The molecule has 0 atom stereocenters. The first-order chi connectivity index (χ1) is 7.40. The highest BCUT2D eigenvalue weighted by atomic mass is 16.3. The molecule has 1 N–H and O–H groups in total. The Morgan fingerprint density at radius 3 is 1.69 bits per heavy atom. The van der Waals surface area contributed by atoms with E-state index in [1.807, 2.05) is 6.92 Å². The first-order valence-corrected chi connectivity index (χ1v) is 6.57. The minimum atomic E-state index is -0.167. The predicted octanol–water partition coefficient (Wildman–Crippen LogP) is 3.96. The highest BCUT2D eigenvalue weighted by Crippen LogP contribution is 2.22. The zero-order valence-electron chi connectivity index (χ0n) is 11.8. The van der Waals surface area contributed by atoms with Crippen LogP contribution in [0.4, 0.5) is 0 Å². The molecule has 0 aliphatic heterocycles. The second kappa shape index (κ2) is 12.7. The number of Topliss-reactive ketones (excluding diaryl/α,β-unsaturated/α-hetero) is 1. The van der Waals surface area contributed by atoms with Crippen LogP contribution in [0.2, 0.25) is 0 Å². The highest BCUT2D eigenvalue weighted by Gasteiger charge is 2.05. The van der Waals surface area contributed by atoms with Gasteiger partial charge in [-0.3, -0.25) is 0 Å². The van der Waals surface area contributed by atoms with Crippen LogP contribution in [0.1, 0.15) is 73.1 Å². The van der Waals surface area contributed by atoms with Gasteiger partial charge in [0.05, 0.1) is 0 Å². The second-order valence-corrected chi connectivity index (χ2v) is 4.89. The van der Waals surface area contributed by atoms with Gasteiger partial charge in [-0.25, -0.2) is 0 Å². The van der Waals surface area contributed by atoms with Gasteiger partial charge in [0.15, 0.2) is 0 Å². The summed E-state index contributed by atoms with van der Waals surface area (Å²) in [5.41, 5.74) is 0. The smallest absolute Gasteiger partial charge is 0.129 e. The van der Waals surface area contributed by atoms with Crippen LogP contribution in [0.25, 0.3) is 0 Å². The summed E-state index contributed by atoms with van der Waals surface area (Å²) in [7, 11) is 0. The van der Waals surface area contributed by atoms with Crippen LogP contribution < -0.4 is 0 Å². The predicted molar refractivity (Wildman–Crippen MR) is 70.6 cm³/mol. The fourth-order valence-corrected chi connectivity index (χ4v) is 1.31. The third kappa shape index (κ3) is 23.4. The largest absolute Gasteiger partial charge is 0.394 e. The number of hydrogen-bond acceptors (Lipinski definition) is 2. The van der Waals surface area contributed by atoms with Gasteiger partial charge in [-0.15, -0.1) is 0 Å². The standard InChI is InChI=1S/C7H14.C4H8O.C3H8O/c1-7-5-3-2-4-6-7;1-3-4(2)5;1-3(2)4/h7H,2-6H2,1H3;3H2,1-2H3;3-4H,1-2H3. The summed E-state index contributed by atoms with van der Waals surface area (Å²) in [6.45, 7) is 9.24. The van der Waals surface area contributed by atoms with Crippen molar-refractivity contribution in [3.8, 4) is 0 Å². The molecular formula is C14H30O2. The van der Waals surface area contributed by atoms with Gasteiger partial charge in [0.2, 0.25) is 0 Å². The lowest BCUT2D eigenvalue weighted by Gasteiger charge is -2.15. The van der Waals surface area contributed by atoms with Crippen molar-refractivity contribution in [2.75, 3.05) is 0 Å². The molecule has 1 rings (SSSR count). The van der Waals surface area contributed by atoms with E-state index in [0.29, 0.717) is 6.42 Å². The third-order valence-corrected chi connectivity index (χ3v) is 2.39. The monoisotopic (exact) mass is 230 g/mol. The topological polar surface area (TPSA) is 37.3 Å². The van der Waals surface area contributed by atoms with Crippen LogP contribution in [0.15, 0.2) is 0 Å². The first-order valence-electron chi connectivity index (χ1n) is 6.57. The molecule has 0 heterocycles. The molecule has 1 saturated carbocycles. The molecule has 1 fully saturated rings. The molecule has 0 aromatic carbocycles. The maximum absolute atomic E-state index is 9.81. The molecule has 0 radical (unpaired) electrons. The van der Waals surface area contributed by atoms with Gasteiger partial charge in [-0.05, 0) is 26.7 Å². The Morgan fingerprint density at radius 2 is 1.56 bits per heavy atom. The number of hydrogen-bond donors (Lipinski definition) is 1. The van der Waals surface area contributed by atoms with E-state index in [-0.39, 0.29) is 11.9 Å². The van der Waals surface area contributed by atoms with Crippen molar-refractivity contribution in [1.29, 1.82) is 0 Å². The molecule has 0 aromatic heterocycles. The number of ketones is 1. The molecule has 0 aromatic rings. The van der Waals surface area contributed by atoms with Crippen LogP contribution in [0.3, 0.4) is 0 Å². The van der Waals surface area contributed by atoms with Gasteiger partial charge in [0.1, 0.15) is 5.78 Å². The molecule has 0 unspecified atom stereocenters. The number of aliphatic hydroxyl groups excluding tert-OH is 1. The fourth-order valence-electron chi connectivity index (χ4n) is 1.31. The molecule has 16 heavy (non-hydrogen) atoms. The normalized spacial score (nSPS) is 15.7. The zero-order valence-corrected chi connectivity index (χ0v) is 11.8. The van der Waals surface area contributed by atoms with Crippen molar-refractivity contribution in [1.82, 2.24) is 0 Å². The van der Waals surface area contributed by atoms with Gasteiger partial charge in [0, 0.05) is 12.5 Å². The lowest BCUT2D eigenvalue weighted by atomic mass is 9.91. The van der Waals surface area contributed by atoms with E-state index < -0.39 is 0 Å². The van der Waals surface area contributed by atoms with Crippen molar-refractivity contribution in [3.05, 3.63) is 0 Å². The van der Waals surface area contributed by atoms with Crippen LogP contribution in [-0.4, -0.2) is 17.0 Å². The molecule has 2 heteroatoms. The molecule has 98 valence electrons. The van der Waals surface area contributed by atoms with Crippen molar-refractivity contribution in [3.63, 3.8) is 0 Å². The van der Waals surface area contributed by atoms with E-state index in [0.717, 1.165) is 5.92 Å². The van der Waals surface area contributed by atoms with E-state index >= 15 is 0 Å². The summed E-state index contributed by atoms with van der Waals surface area (Å²) in [6, 6.07) is 0. The lowest BCUT2D eigenvalue weighted by molar-refractivity contribution is -0.116. The van der Waals surface area contributed by atoms with Crippen LogP contribution in [0, 0.1) is 5.92 Å². The number of carbonyl (C=O) groups excluding carboxylic acids is 1. The minimum absolute atomic E-state index is 0.167. The number of aliphatic hydroxyl groups is 1. The first kappa shape index (κ1) is 18.0. The van der Waals surface area contributed by atoms with Crippen molar-refractivity contribution in [2.45, 2.75) is 79.2 Å². The number of carbonyl (C=O) groups is 1. The second-order valence-electron chi connectivity index (χ2n) is 4.89. The van der Waals surface area contributed by atoms with Gasteiger partial charge >= 0.3 is 0 Å². The summed E-state index contributed by atoms with van der Waals surface area (Å²) < 4.78 is 0. The van der Waals surface area contributed by atoms with Gasteiger partial charge in [0.25, 0.3) is 0 Å². The Morgan fingerprint density at radius 1 is 1.25 bits per heavy atom. The maximum atomic E-state index is 9.81. The van der Waals surface area contributed by atoms with Crippen molar-refractivity contribution in [2.24, 2.45) is 5.92 Å². The fraction of sp³-hybridized carbons (Fsp3) is 0.929. The van der Waals surface area contributed by atoms with E-state index in [4.69, 9.17) is 5.11 Å². The quantitative estimate of drug-likeness (QED) is 0.740. The summed E-state index contributed by atoms with van der Waals surface area (Å²) >= 11 is 0. The highest BCUT2D eigenvalue weighted by molar-refractivity contribution is 5.74. The Hall–Kier alpha value is -0.370. The third-order valence-electron chi connectivity index (χ3n) is 2.39. The molecule has 0 amide bonds. The van der Waals surface area contributed by atoms with E-state index in [2.05, 4.69) is 6.92 Å². The summed E-state index contributed by atoms with van der Waals surface area (Å²) in [6.07, 6.45) is 7.94. The Labute approximate surface area is 101 Å². The summed E-state index contributed by atoms with van der Waals surface area (Å²) in [4.78, 5) is 9.81. The van der Waals surface area contributed by atoms with Crippen LogP contribution in [0.5, 0.6) is 0 Å². The number of rotatable bonds is 1. The lowest BCUT2D eigenvalue weighted by Crippen LogP contribution is -1.99. The van der Waals surface area contributed by atoms with Gasteiger partial charge in [-0.2, -0.15) is 0 Å². The molecule has 1 aliphatic rings. The summed E-state index contributed by atoms with van der Waals surface area (Å²) in [5, 5.41) is 8.06. The average Bonchev–Trinajstić information content (AvgIpc) is 2.19. The van der Waals surface area contributed by atoms with E-state index in [1.165, 1.54) is 32.1 Å². The zero-order chi connectivity index (χ0) is 13.0. The Kier molecular flexibility index (Phi) is 14.3. The molecule has 2 nitrogen and oxygen atoms in total. The summed E-state index contributed by atoms with van der Waals surface area (Å²) in [5.74, 6) is 1.29. The molecular weight excluding hydrogens is 200 g/mol. The minimum Gasteiger partial charge on any atom is -0.394 e. The molecule has 0 spiro atoms. The van der Waals surface area contributed by atoms with Crippen molar-refractivity contribution < 1.29 is 9.90 Å². The van der Waals surface area contributed by atoms with Crippen molar-refractivity contribution >= 4 is 5.78 Å². The van der Waals surface area contributed by atoms with Crippen LogP contribution >= 0.6 is 0 Å². The SMILES string of the molecule is CC(C)O.CC1CCCCC1.CCC(C)=O.